The summed E-state index contributed by atoms with van der Waals surface area (Å²) in [4.78, 5) is 11.7. The van der Waals surface area contributed by atoms with Crippen LogP contribution in [0.3, 0.4) is 0 Å². The molecule has 0 spiro atoms. The maximum atomic E-state index is 11.7. The number of aryl methyl sites for hydroxylation is 1. The van der Waals surface area contributed by atoms with E-state index in [2.05, 4.69) is 6.92 Å². The second kappa shape index (κ2) is 16.4. The Hall–Kier alpha value is -1.51. The summed E-state index contributed by atoms with van der Waals surface area (Å²) in [6.07, 6.45) is 18.9. The number of rotatable bonds is 18. The Morgan fingerprint density at radius 1 is 0.786 bits per heavy atom. The Balaban J connectivity index is 2.15. The summed E-state index contributed by atoms with van der Waals surface area (Å²) in [6.45, 7) is 4.85. The lowest BCUT2D eigenvalue weighted by atomic mass is 9.99. The molecule has 0 aliphatic carbocycles. The Bertz CT molecular complexity index is 525. The first-order valence-corrected chi connectivity index (χ1v) is 11.7. The van der Waals surface area contributed by atoms with Crippen LogP contribution in [0.1, 0.15) is 120 Å². The van der Waals surface area contributed by atoms with E-state index in [1.165, 1.54) is 77.0 Å². The van der Waals surface area contributed by atoms with Crippen LogP contribution in [0.25, 0.3) is 0 Å². The number of hydrogen-bond acceptors (Lipinski definition) is 2. The SMILES string of the molecule is CCCCCCCCCCCCCCCc1cccc(OCCC)c1C(=O)O. The molecule has 3 heteroatoms. The number of ether oxygens (including phenoxy) is 1. The predicted octanol–water partition coefficient (Wildman–Crippen LogP) is 7.81. The van der Waals surface area contributed by atoms with Crippen molar-refractivity contribution in [3.05, 3.63) is 29.3 Å². The van der Waals surface area contributed by atoms with Gasteiger partial charge in [0.05, 0.1) is 6.61 Å². The summed E-state index contributed by atoms with van der Waals surface area (Å²) in [5.74, 6) is -0.363. The predicted molar refractivity (Wildman–Crippen MR) is 119 cm³/mol. The Morgan fingerprint density at radius 2 is 1.32 bits per heavy atom. The van der Waals surface area contributed by atoms with Crippen molar-refractivity contribution in [2.24, 2.45) is 0 Å². The average Bonchev–Trinajstić information content (AvgIpc) is 2.69. The lowest BCUT2D eigenvalue weighted by molar-refractivity contribution is 0.0691. The van der Waals surface area contributed by atoms with E-state index in [0.717, 1.165) is 24.8 Å². The highest BCUT2D eigenvalue weighted by Gasteiger charge is 2.16. The normalized spacial score (nSPS) is 10.9. The first-order valence-electron chi connectivity index (χ1n) is 11.7. The number of carbonyl (C=O) groups is 1. The largest absolute Gasteiger partial charge is 0.493 e. The highest BCUT2D eigenvalue weighted by atomic mass is 16.5. The third kappa shape index (κ3) is 10.7. The fourth-order valence-corrected chi connectivity index (χ4v) is 3.69. The van der Waals surface area contributed by atoms with Crippen molar-refractivity contribution in [1.82, 2.24) is 0 Å². The van der Waals surface area contributed by atoms with Crippen molar-refractivity contribution in [2.45, 2.75) is 110 Å². The maximum absolute atomic E-state index is 11.7. The van der Waals surface area contributed by atoms with Crippen molar-refractivity contribution >= 4 is 5.97 Å². The monoisotopic (exact) mass is 390 g/mol. The van der Waals surface area contributed by atoms with Crippen LogP contribution < -0.4 is 4.74 Å². The highest BCUT2D eigenvalue weighted by Crippen LogP contribution is 2.25. The zero-order chi connectivity index (χ0) is 20.5. The van der Waals surface area contributed by atoms with Crippen LogP contribution in [-0.2, 0) is 6.42 Å². The molecular weight excluding hydrogens is 348 g/mol. The standard InChI is InChI=1S/C25H42O3/c1-3-5-6-7-8-9-10-11-12-13-14-15-16-18-22-19-17-20-23(28-21-4-2)24(22)25(26)27/h17,19-20H,3-16,18,21H2,1-2H3,(H,26,27). The van der Waals surface area contributed by atoms with Gasteiger partial charge in [0.2, 0.25) is 0 Å². The van der Waals surface area contributed by atoms with Gasteiger partial charge in [0.15, 0.2) is 0 Å². The Labute approximate surface area is 172 Å². The summed E-state index contributed by atoms with van der Waals surface area (Å²) < 4.78 is 5.63. The van der Waals surface area contributed by atoms with Crippen LogP contribution >= 0.6 is 0 Å². The topological polar surface area (TPSA) is 46.5 Å². The van der Waals surface area contributed by atoms with Gasteiger partial charge in [-0.05, 0) is 30.9 Å². The number of hydrogen-bond donors (Lipinski definition) is 1. The van der Waals surface area contributed by atoms with Crippen LogP contribution in [0.15, 0.2) is 18.2 Å². The molecule has 1 N–H and O–H groups in total. The summed E-state index contributed by atoms with van der Waals surface area (Å²) >= 11 is 0. The van der Waals surface area contributed by atoms with Gasteiger partial charge < -0.3 is 9.84 Å². The fraction of sp³-hybridized carbons (Fsp3) is 0.720. The minimum absolute atomic E-state index is 0.356. The van der Waals surface area contributed by atoms with Gasteiger partial charge in [-0.3, -0.25) is 0 Å². The molecule has 0 saturated carbocycles. The van der Waals surface area contributed by atoms with Crippen molar-refractivity contribution in [2.75, 3.05) is 6.61 Å². The maximum Gasteiger partial charge on any atom is 0.339 e. The van der Waals surface area contributed by atoms with Crippen molar-refractivity contribution in [3.8, 4) is 5.75 Å². The lowest BCUT2D eigenvalue weighted by Gasteiger charge is -2.12. The van der Waals surface area contributed by atoms with Crippen LogP contribution in [-0.4, -0.2) is 17.7 Å². The molecule has 0 radical (unpaired) electrons. The number of carboxylic acid groups (broad SMARTS) is 1. The molecule has 0 fully saturated rings. The number of carboxylic acids is 1. The van der Waals surface area contributed by atoms with E-state index in [4.69, 9.17) is 4.74 Å². The number of aromatic carboxylic acids is 1. The van der Waals surface area contributed by atoms with E-state index in [-0.39, 0.29) is 0 Å². The second-order valence-electron chi connectivity index (χ2n) is 7.94. The molecule has 0 saturated heterocycles. The smallest absolute Gasteiger partial charge is 0.339 e. The molecule has 0 atom stereocenters. The van der Waals surface area contributed by atoms with E-state index in [1.54, 1.807) is 6.07 Å². The van der Waals surface area contributed by atoms with Crippen LogP contribution in [0.2, 0.25) is 0 Å². The Morgan fingerprint density at radius 3 is 1.82 bits per heavy atom. The van der Waals surface area contributed by atoms with Crippen LogP contribution in [0.5, 0.6) is 5.75 Å². The summed E-state index contributed by atoms with van der Waals surface area (Å²) in [7, 11) is 0. The van der Waals surface area contributed by atoms with Gasteiger partial charge in [-0.2, -0.15) is 0 Å². The highest BCUT2D eigenvalue weighted by molar-refractivity contribution is 5.92. The molecule has 0 aromatic heterocycles. The van der Waals surface area contributed by atoms with E-state index < -0.39 is 5.97 Å². The van der Waals surface area contributed by atoms with E-state index >= 15 is 0 Å². The van der Waals surface area contributed by atoms with Gasteiger partial charge in [-0.25, -0.2) is 4.79 Å². The summed E-state index contributed by atoms with van der Waals surface area (Å²) in [5.41, 5.74) is 1.26. The van der Waals surface area contributed by atoms with Gasteiger partial charge in [-0.15, -0.1) is 0 Å². The molecule has 160 valence electrons. The summed E-state index contributed by atoms with van der Waals surface area (Å²) in [5, 5.41) is 9.57. The Kier molecular flexibility index (Phi) is 14.4. The molecule has 28 heavy (non-hydrogen) atoms. The minimum atomic E-state index is -0.878. The molecule has 0 aliphatic rings. The third-order valence-electron chi connectivity index (χ3n) is 5.34. The van der Waals surface area contributed by atoms with E-state index in [0.29, 0.717) is 17.9 Å². The van der Waals surface area contributed by atoms with Gasteiger partial charge in [-0.1, -0.05) is 103 Å². The van der Waals surface area contributed by atoms with Crippen molar-refractivity contribution in [3.63, 3.8) is 0 Å². The van der Waals surface area contributed by atoms with Gasteiger partial charge in [0.25, 0.3) is 0 Å². The number of benzene rings is 1. The molecule has 1 aromatic carbocycles. The van der Waals surface area contributed by atoms with Crippen molar-refractivity contribution < 1.29 is 14.6 Å². The lowest BCUT2D eigenvalue weighted by Crippen LogP contribution is -2.08. The van der Waals surface area contributed by atoms with E-state index in [1.807, 2.05) is 19.1 Å². The zero-order valence-electron chi connectivity index (χ0n) is 18.3. The molecule has 0 aliphatic heterocycles. The first kappa shape index (κ1) is 24.5. The zero-order valence-corrected chi connectivity index (χ0v) is 18.3. The number of unbranched alkanes of at least 4 members (excludes halogenated alkanes) is 12. The summed E-state index contributed by atoms with van der Waals surface area (Å²) in [6, 6.07) is 5.62. The third-order valence-corrected chi connectivity index (χ3v) is 5.34. The second-order valence-corrected chi connectivity index (χ2v) is 7.94. The average molecular weight is 391 g/mol. The fourth-order valence-electron chi connectivity index (χ4n) is 3.69. The molecule has 1 aromatic rings. The molecule has 3 nitrogen and oxygen atoms in total. The molecule has 0 bridgehead atoms. The molecular formula is C25H42O3. The van der Waals surface area contributed by atoms with Gasteiger partial charge in [0.1, 0.15) is 11.3 Å². The molecule has 0 heterocycles. The first-order chi connectivity index (χ1) is 13.7. The van der Waals surface area contributed by atoms with Gasteiger partial charge in [0, 0.05) is 0 Å². The molecule has 0 unspecified atom stereocenters. The van der Waals surface area contributed by atoms with Crippen LogP contribution in [0, 0.1) is 0 Å². The van der Waals surface area contributed by atoms with Gasteiger partial charge >= 0.3 is 5.97 Å². The minimum Gasteiger partial charge on any atom is -0.493 e. The van der Waals surface area contributed by atoms with E-state index in [9.17, 15) is 9.90 Å². The van der Waals surface area contributed by atoms with Crippen LogP contribution in [0.4, 0.5) is 0 Å². The molecule has 1 rings (SSSR count). The quantitative estimate of drug-likeness (QED) is 0.260. The molecule has 0 amide bonds. The van der Waals surface area contributed by atoms with Crippen molar-refractivity contribution in [1.29, 1.82) is 0 Å².